The minimum atomic E-state index is -2.79. The van der Waals surface area contributed by atoms with Gasteiger partial charge in [0, 0.05) is 10.6 Å². The second kappa shape index (κ2) is 8.64. The minimum absolute atomic E-state index is 0.123. The molecule has 5 heteroatoms. The fraction of sp³-hybridized carbons (Fsp3) is 0.316. The lowest BCUT2D eigenvalue weighted by Gasteiger charge is -2.09. The normalized spacial score (nSPS) is 13.1. The van der Waals surface area contributed by atoms with Gasteiger partial charge in [-0.15, -0.1) is 4.36 Å². The first-order chi connectivity index (χ1) is 11.6. The van der Waals surface area contributed by atoms with Gasteiger partial charge in [0.25, 0.3) is 0 Å². The number of carbonyl (C=O) groups is 1. The molecule has 0 saturated heterocycles. The highest BCUT2D eigenvalue weighted by Crippen LogP contribution is 2.17. The van der Waals surface area contributed by atoms with Gasteiger partial charge in [-0.05, 0) is 29.7 Å². The smallest absolute Gasteiger partial charge is 0.442 e. The highest BCUT2D eigenvalue weighted by molar-refractivity contribution is 7.93. The SMILES string of the molecule is CCCc1ccc(S(=O)(CC)=NC(=O)OCc2ccccc2)cc1. The highest BCUT2D eigenvalue weighted by Gasteiger charge is 2.14. The maximum atomic E-state index is 13.0. The first-order valence-electron chi connectivity index (χ1n) is 8.12. The molecule has 24 heavy (non-hydrogen) atoms. The van der Waals surface area contributed by atoms with E-state index < -0.39 is 15.8 Å². The zero-order valence-corrected chi connectivity index (χ0v) is 14.9. The average Bonchev–Trinajstić information content (AvgIpc) is 2.61. The Labute approximate surface area is 144 Å². The van der Waals surface area contributed by atoms with Crippen molar-refractivity contribution in [2.45, 2.75) is 38.2 Å². The van der Waals surface area contributed by atoms with Crippen molar-refractivity contribution in [1.82, 2.24) is 0 Å². The molecule has 0 spiro atoms. The van der Waals surface area contributed by atoms with Crippen molar-refractivity contribution >= 4 is 15.8 Å². The Hall–Kier alpha value is -2.14. The summed E-state index contributed by atoms with van der Waals surface area (Å²) in [7, 11) is -2.79. The topological polar surface area (TPSA) is 55.7 Å². The highest BCUT2D eigenvalue weighted by atomic mass is 32.2. The number of hydrogen-bond acceptors (Lipinski definition) is 3. The monoisotopic (exact) mass is 345 g/mol. The van der Waals surface area contributed by atoms with Crippen LogP contribution in [0.15, 0.2) is 63.9 Å². The molecule has 2 aromatic carbocycles. The Morgan fingerprint density at radius 2 is 1.67 bits per heavy atom. The van der Waals surface area contributed by atoms with Gasteiger partial charge in [-0.2, -0.15) is 0 Å². The average molecular weight is 345 g/mol. The third kappa shape index (κ3) is 4.93. The Morgan fingerprint density at radius 3 is 2.25 bits per heavy atom. The van der Waals surface area contributed by atoms with E-state index in [-0.39, 0.29) is 12.4 Å². The van der Waals surface area contributed by atoms with E-state index in [9.17, 15) is 9.00 Å². The van der Waals surface area contributed by atoms with E-state index in [1.807, 2.05) is 42.5 Å². The van der Waals surface area contributed by atoms with Gasteiger partial charge in [0.15, 0.2) is 0 Å². The Balaban J connectivity index is 2.13. The number of amides is 1. The van der Waals surface area contributed by atoms with E-state index in [1.54, 1.807) is 19.1 Å². The number of carbonyl (C=O) groups excluding carboxylic acids is 1. The molecule has 0 aliphatic rings. The standard InChI is InChI=1S/C19H23NO3S/c1-3-8-16-11-13-18(14-12-16)24(22,4-2)20-19(21)23-15-17-9-6-5-7-10-17/h5-7,9-14H,3-4,8,15H2,1-2H3. The lowest BCUT2D eigenvalue weighted by molar-refractivity contribution is 0.151. The molecular formula is C19H23NO3S. The molecule has 1 unspecified atom stereocenters. The van der Waals surface area contributed by atoms with E-state index in [1.165, 1.54) is 5.56 Å². The lowest BCUT2D eigenvalue weighted by Crippen LogP contribution is -2.09. The minimum Gasteiger partial charge on any atom is -0.443 e. The number of hydrogen-bond donors (Lipinski definition) is 0. The van der Waals surface area contributed by atoms with Crippen LogP contribution >= 0.6 is 0 Å². The summed E-state index contributed by atoms with van der Waals surface area (Å²) in [4.78, 5) is 12.5. The van der Waals surface area contributed by atoms with Crippen LogP contribution in [0.25, 0.3) is 0 Å². The summed E-state index contributed by atoms with van der Waals surface area (Å²) in [5.74, 6) is 0.264. The van der Waals surface area contributed by atoms with E-state index in [0.717, 1.165) is 18.4 Å². The molecule has 4 nitrogen and oxygen atoms in total. The van der Waals surface area contributed by atoms with Crippen molar-refractivity contribution in [3.05, 3.63) is 65.7 Å². The predicted molar refractivity (Wildman–Crippen MR) is 96.4 cm³/mol. The molecule has 2 rings (SSSR count). The largest absolute Gasteiger partial charge is 0.443 e. The van der Waals surface area contributed by atoms with Crippen LogP contribution in [0.1, 0.15) is 31.4 Å². The van der Waals surface area contributed by atoms with Crippen LogP contribution in [0.4, 0.5) is 4.79 Å². The number of benzene rings is 2. The molecule has 0 aliphatic carbocycles. The van der Waals surface area contributed by atoms with E-state index in [4.69, 9.17) is 4.74 Å². The number of nitrogens with zero attached hydrogens (tertiary/aromatic N) is 1. The molecule has 0 heterocycles. The van der Waals surface area contributed by atoms with Gasteiger partial charge in [0.1, 0.15) is 6.61 Å². The van der Waals surface area contributed by atoms with Gasteiger partial charge in [-0.3, -0.25) is 0 Å². The van der Waals surface area contributed by atoms with Crippen LogP contribution in [0.2, 0.25) is 0 Å². The fourth-order valence-electron chi connectivity index (χ4n) is 2.31. The Bertz CT molecular complexity index is 776. The van der Waals surface area contributed by atoms with Crippen LogP contribution < -0.4 is 0 Å². The van der Waals surface area contributed by atoms with Crippen molar-refractivity contribution in [3.8, 4) is 0 Å². The van der Waals surface area contributed by atoms with E-state index >= 15 is 0 Å². The molecule has 0 N–H and O–H groups in total. The molecule has 0 saturated carbocycles. The van der Waals surface area contributed by atoms with Gasteiger partial charge in [-0.25, -0.2) is 9.00 Å². The first-order valence-corrected chi connectivity index (χ1v) is 9.80. The Morgan fingerprint density at radius 1 is 1.00 bits per heavy atom. The Kier molecular flexibility index (Phi) is 6.55. The summed E-state index contributed by atoms with van der Waals surface area (Å²) in [5.41, 5.74) is 2.05. The third-order valence-corrected chi connectivity index (χ3v) is 5.88. The number of ether oxygens (including phenoxy) is 1. The number of rotatable bonds is 6. The molecule has 0 aliphatic heterocycles. The summed E-state index contributed by atoms with van der Waals surface area (Å²) in [5, 5.41) is 0. The zero-order chi connectivity index (χ0) is 17.4. The molecule has 1 atom stereocenters. The van der Waals surface area contributed by atoms with Crippen molar-refractivity contribution < 1.29 is 13.7 Å². The van der Waals surface area contributed by atoms with Gasteiger partial charge < -0.3 is 4.74 Å². The second-order valence-corrected chi connectivity index (χ2v) is 7.97. The maximum absolute atomic E-state index is 13.0. The molecule has 0 fully saturated rings. The second-order valence-electron chi connectivity index (χ2n) is 5.45. The predicted octanol–water partition coefficient (Wildman–Crippen LogP) is 4.82. The van der Waals surface area contributed by atoms with E-state index in [0.29, 0.717) is 4.90 Å². The molecule has 2 aromatic rings. The van der Waals surface area contributed by atoms with Crippen molar-refractivity contribution in [2.75, 3.05) is 5.75 Å². The first kappa shape index (κ1) is 18.2. The molecule has 128 valence electrons. The third-order valence-electron chi connectivity index (χ3n) is 3.65. The molecule has 0 aromatic heterocycles. The van der Waals surface area contributed by atoms with Crippen LogP contribution in [0, 0.1) is 0 Å². The van der Waals surface area contributed by atoms with Crippen molar-refractivity contribution in [3.63, 3.8) is 0 Å². The van der Waals surface area contributed by atoms with Gasteiger partial charge >= 0.3 is 6.09 Å². The number of aryl methyl sites for hydroxylation is 1. The summed E-state index contributed by atoms with van der Waals surface area (Å²) >= 11 is 0. The summed E-state index contributed by atoms with van der Waals surface area (Å²) in [6, 6.07) is 16.8. The fourth-order valence-corrected chi connectivity index (χ4v) is 3.73. The van der Waals surface area contributed by atoms with Crippen molar-refractivity contribution in [2.24, 2.45) is 4.36 Å². The summed E-state index contributed by atoms with van der Waals surface area (Å²) in [6.07, 6.45) is 1.24. The molecular weight excluding hydrogens is 322 g/mol. The summed E-state index contributed by atoms with van der Waals surface area (Å²) < 4.78 is 22.0. The summed E-state index contributed by atoms with van der Waals surface area (Å²) in [6.45, 7) is 4.00. The van der Waals surface area contributed by atoms with Crippen LogP contribution in [0.3, 0.4) is 0 Å². The van der Waals surface area contributed by atoms with Crippen LogP contribution in [-0.2, 0) is 27.5 Å². The van der Waals surface area contributed by atoms with Gasteiger partial charge in [0.05, 0.1) is 9.73 Å². The molecule has 0 bridgehead atoms. The quantitative estimate of drug-likeness (QED) is 0.754. The molecule has 1 amide bonds. The van der Waals surface area contributed by atoms with E-state index in [2.05, 4.69) is 11.3 Å². The lowest BCUT2D eigenvalue weighted by atomic mass is 10.1. The van der Waals surface area contributed by atoms with Crippen LogP contribution in [0.5, 0.6) is 0 Å². The van der Waals surface area contributed by atoms with Crippen LogP contribution in [-0.4, -0.2) is 16.1 Å². The molecule has 0 radical (unpaired) electrons. The van der Waals surface area contributed by atoms with Gasteiger partial charge in [0.2, 0.25) is 0 Å². The van der Waals surface area contributed by atoms with Crippen molar-refractivity contribution in [1.29, 1.82) is 0 Å². The zero-order valence-electron chi connectivity index (χ0n) is 14.1. The van der Waals surface area contributed by atoms with Gasteiger partial charge in [-0.1, -0.05) is 62.7 Å². The maximum Gasteiger partial charge on any atom is 0.442 e.